The molecule has 4 aromatic heterocycles. The lowest BCUT2D eigenvalue weighted by Crippen LogP contribution is -2.48. The number of aryl methyl sites for hydroxylation is 2. The number of ketones is 1. The molecule has 5 heterocycles. The van der Waals surface area contributed by atoms with E-state index < -0.39 is 47.7 Å². The van der Waals surface area contributed by atoms with E-state index in [2.05, 4.69) is 78.9 Å². The molecule has 28 heteroatoms. The lowest BCUT2D eigenvalue weighted by Gasteiger charge is -2.29. The Labute approximate surface area is 558 Å². The van der Waals surface area contributed by atoms with Gasteiger partial charge in [-0.25, -0.2) is 19.7 Å². The van der Waals surface area contributed by atoms with Crippen LogP contribution in [-0.4, -0.2) is 193 Å². The fourth-order valence-corrected chi connectivity index (χ4v) is 11.0. The van der Waals surface area contributed by atoms with Crippen LogP contribution in [0, 0.1) is 19.8 Å². The smallest absolute Gasteiger partial charge is 0.328 e. The quantitative estimate of drug-likeness (QED) is 0.0103. The summed E-state index contributed by atoms with van der Waals surface area (Å²) < 4.78 is 33.4. The minimum Gasteiger partial charge on any atom is -0.469 e. The molecule has 516 valence electrons. The van der Waals surface area contributed by atoms with Gasteiger partial charge in [0.05, 0.1) is 77.3 Å². The number of nitrogens with zero attached hydrogens (tertiary/aromatic N) is 7. The van der Waals surface area contributed by atoms with Crippen molar-refractivity contribution in [1.82, 2.24) is 55.9 Å². The predicted molar refractivity (Wildman–Crippen MR) is 353 cm³/mol. The maximum Gasteiger partial charge on any atom is 0.328 e. The van der Waals surface area contributed by atoms with Crippen LogP contribution in [0.2, 0.25) is 0 Å². The summed E-state index contributed by atoms with van der Waals surface area (Å²) >= 11 is 3.36. The summed E-state index contributed by atoms with van der Waals surface area (Å²) in [4.78, 5) is 134. The summed E-state index contributed by atoms with van der Waals surface area (Å²) in [5.41, 5.74) is 2.39. The Morgan fingerprint density at radius 3 is 1.84 bits per heavy atom. The first-order valence-electron chi connectivity index (χ1n) is 32.5. The molecule has 5 N–H and O–H groups in total. The number of ether oxygens (including phenoxy) is 6. The molecule has 5 rings (SSSR count). The number of hydrogen-bond acceptors (Lipinski definition) is 20. The Balaban J connectivity index is 0.893. The van der Waals surface area contributed by atoms with Crippen molar-refractivity contribution in [3.05, 3.63) is 71.1 Å². The number of anilines is 1. The second kappa shape index (κ2) is 43.3. The van der Waals surface area contributed by atoms with Crippen LogP contribution in [0.1, 0.15) is 151 Å². The summed E-state index contributed by atoms with van der Waals surface area (Å²) in [6.45, 7) is 9.44. The van der Waals surface area contributed by atoms with Crippen molar-refractivity contribution in [2.24, 2.45) is 5.92 Å². The number of amides is 6. The van der Waals surface area contributed by atoms with Crippen molar-refractivity contribution in [2.75, 3.05) is 92.0 Å². The van der Waals surface area contributed by atoms with Crippen molar-refractivity contribution < 1.29 is 71.6 Å². The van der Waals surface area contributed by atoms with Crippen LogP contribution in [0.4, 0.5) is 5.82 Å². The highest BCUT2D eigenvalue weighted by Gasteiger charge is 2.46. The lowest BCUT2D eigenvalue weighted by atomic mass is 9.98. The molecule has 4 atom stereocenters. The van der Waals surface area contributed by atoms with Gasteiger partial charge >= 0.3 is 11.9 Å². The molecule has 0 saturated carbocycles. The van der Waals surface area contributed by atoms with Gasteiger partial charge in [-0.3, -0.25) is 48.0 Å². The van der Waals surface area contributed by atoms with E-state index >= 15 is 0 Å². The molecule has 0 aliphatic carbocycles. The maximum absolute atomic E-state index is 14.5. The largest absolute Gasteiger partial charge is 0.469 e. The summed E-state index contributed by atoms with van der Waals surface area (Å²) in [5, 5.41) is 18.9. The van der Waals surface area contributed by atoms with Gasteiger partial charge in [-0.15, -0.1) is 6.58 Å². The number of fused-ring (bicyclic) bond motifs is 1. The van der Waals surface area contributed by atoms with Gasteiger partial charge < -0.3 is 59.9 Å². The lowest BCUT2D eigenvalue weighted by molar-refractivity contribution is -0.145. The SMILES string of the molecule is C=C[C@@H]1[C@@H](CNC(=O)COCCOCCNC(=O)COCCOCCNC(=O)CC[C@H](NC(=O)CCCCCCCCCCCCCCCCC(=O)OC)C(=O)OC)C[C@@H](C(=O)Nc2nc(Br)ccc2C)N1C(=O)Cn1nc(C(C)=O)c2cc(-c3cnc(C)nc3)ncc21. The molecule has 0 aromatic carbocycles. The summed E-state index contributed by atoms with van der Waals surface area (Å²) in [6.07, 6.45) is 22.9. The molecule has 94 heavy (non-hydrogen) atoms. The number of aromatic nitrogens is 6. The Hall–Kier alpha value is -7.66. The Bertz CT molecular complexity index is 3100. The number of Topliss-reactive ketones (excluding diaryl/α,β-unsaturated/α-hetero) is 1. The molecule has 1 fully saturated rings. The van der Waals surface area contributed by atoms with Crippen LogP contribution in [0.15, 0.2) is 54.0 Å². The van der Waals surface area contributed by atoms with Gasteiger partial charge in [0.25, 0.3) is 0 Å². The van der Waals surface area contributed by atoms with E-state index in [9.17, 15) is 43.2 Å². The highest BCUT2D eigenvalue weighted by Crippen LogP contribution is 2.33. The van der Waals surface area contributed by atoms with Crippen LogP contribution in [0.3, 0.4) is 0 Å². The van der Waals surface area contributed by atoms with Gasteiger partial charge in [0.2, 0.25) is 35.4 Å². The fourth-order valence-electron chi connectivity index (χ4n) is 10.7. The van der Waals surface area contributed by atoms with E-state index in [1.807, 2.05) is 0 Å². The van der Waals surface area contributed by atoms with E-state index in [4.69, 9.17) is 23.7 Å². The van der Waals surface area contributed by atoms with E-state index in [0.29, 0.717) is 63.2 Å². The number of methoxy groups -OCH3 is 2. The number of likely N-dealkylation sites (tertiary alicyclic amines) is 1. The molecular formula is C66H95BrN12O15. The molecule has 1 aliphatic rings. The molecular weight excluding hydrogens is 1280 g/mol. The van der Waals surface area contributed by atoms with E-state index in [-0.39, 0.29) is 133 Å². The predicted octanol–water partition coefficient (Wildman–Crippen LogP) is 6.54. The number of esters is 2. The average molecular weight is 1380 g/mol. The van der Waals surface area contributed by atoms with Crippen molar-refractivity contribution in [1.29, 1.82) is 0 Å². The van der Waals surface area contributed by atoms with Crippen molar-refractivity contribution in [3.63, 3.8) is 0 Å². The van der Waals surface area contributed by atoms with Crippen molar-refractivity contribution in [2.45, 2.75) is 167 Å². The van der Waals surface area contributed by atoms with Crippen LogP contribution in [0.25, 0.3) is 22.2 Å². The first kappa shape index (κ1) is 77.0. The second-order valence-electron chi connectivity index (χ2n) is 23.0. The number of hydrogen-bond donors (Lipinski definition) is 5. The van der Waals surface area contributed by atoms with Crippen LogP contribution in [0.5, 0.6) is 0 Å². The Kier molecular flexibility index (Phi) is 35.5. The van der Waals surface area contributed by atoms with Gasteiger partial charge in [0.15, 0.2) is 5.78 Å². The second-order valence-corrected chi connectivity index (χ2v) is 23.8. The first-order chi connectivity index (χ1) is 45.4. The van der Waals surface area contributed by atoms with Crippen molar-refractivity contribution in [3.8, 4) is 11.3 Å². The highest BCUT2D eigenvalue weighted by molar-refractivity contribution is 9.10. The third-order valence-electron chi connectivity index (χ3n) is 15.8. The van der Waals surface area contributed by atoms with E-state index in [1.165, 1.54) is 81.9 Å². The zero-order valence-electron chi connectivity index (χ0n) is 55.1. The zero-order chi connectivity index (χ0) is 68.0. The number of pyridine rings is 2. The minimum atomic E-state index is -1.02. The molecule has 0 bridgehead atoms. The topological polar surface area (TPSA) is 342 Å². The normalized spacial score (nSPS) is 14.7. The minimum absolute atomic E-state index is 0.00499. The number of rotatable bonds is 47. The average Bonchev–Trinajstić information content (AvgIpc) is 1.62. The molecule has 1 saturated heterocycles. The number of carbonyl (C=O) groups is 9. The first-order valence-corrected chi connectivity index (χ1v) is 33.3. The number of carbonyl (C=O) groups excluding carboxylic acids is 9. The van der Waals surface area contributed by atoms with Crippen LogP contribution < -0.4 is 26.6 Å². The van der Waals surface area contributed by atoms with Gasteiger partial charge in [0.1, 0.15) is 53.8 Å². The summed E-state index contributed by atoms with van der Waals surface area (Å²) in [5.74, 6) is -2.99. The fraction of sp³-hybridized carbons (Fsp3) is 0.606. The summed E-state index contributed by atoms with van der Waals surface area (Å²) in [6, 6.07) is 2.57. The monoisotopic (exact) mass is 1370 g/mol. The van der Waals surface area contributed by atoms with E-state index in [1.54, 1.807) is 50.5 Å². The Morgan fingerprint density at radius 2 is 1.26 bits per heavy atom. The third-order valence-corrected chi connectivity index (χ3v) is 16.2. The molecule has 0 unspecified atom stereocenters. The molecule has 6 amide bonds. The number of unbranched alkanes of at least 4 members (excludes halogenated alkanes) is 13. The van der Waals surface area contributed by atoms with E-state index in [0.717, 1.165) is 38.5 Å². The van der Waals surface area contributed by atoms with Gasteiger partial charge in [-0.05, 0) is 73.2 Å². The molecule has 1 aliphatic heterocycles. The van der Waals surface area contributed by atoms with Gasteiger partial charge in [-0.1, -0.05) is 89.2 Å². The highest BCUT2D eigenvalue weighted by atomic mass is 79.9. The maximum atomic E-state index is 14.5. The summed E-state index contributed by atoms with van der Waals surface area (Å²) in [7, 11) is 2.67. The standard InChI is InChI=1S/C66H95BrN12O15/c1-7-53-48(36-54(65(87)76-64-45(2)24-26-56(67)75-64)79(53)61(85)42-78-55-41-72-52(49-39-70-47(4)71-40-49)37-50(55)63(77-78)46(3)80)38-73-60(84)44-94-35-33-92-31-29-69-59(83)43-93-34-32-91-30-28-68-57(81)27-25-51(66(88)90-6)74-58(82)22-20-18-16-14-12-10-8-9-11-13-15-17-19-21-23-62(86)89-5/h7,24,26,37,39-41,48,51,53-54H,1,8-23,25,27-36,38,42-44H2,2-6H3,(H,68,81)(H,69,83)(H,73,84)(H,74,82)(H,75,76,87)/t48-,51+,53-,54+/m1/s1. The molecule has 0 spiro atoms. The molecule has 4 aromatic rings. The van der Waals surface area contributed by atoms with Crippen LogP contribution >= 0.6 is 15.9 Å². The van der Waals surface area contributed by atoms with Crippen molar-refractivity contribution >= 4 is 85.8 Å². The van der Waals surface area contributed by atoms with Gasteiger partial charge in [0, 0.05) is 75.1 Å². The number of nitrogens with one attached hydrogen (secondary N) is 5. The van der Waals surface area contributed by atoms with Gasteiger partial charge in [-0.2, -0.15) is 5.10 Å². The zero-order valence-corrected chi connectivity index (χ0v) is 56.7. The molecule has 27 nitrogen and oxygen atoms in total. The number of halogens is 1. The molecule has 0 radical (unpaired) electrons. The third kappa shape index (κ3) is 27.7. The Morgan fingerprint density at radius 1 is 0.681 bits per heavy atom. The van der Waals surface area contributed by atoms with Crippen LogP contribution in [-0.2, 0) is 73.3 Å².